The van der Waals surface area contributed by atoms with Crippen molar-refractivity contribution in [1.29, 1.82) is 0 Å². The number of halogens is 1. The Labute approximate surface area is 224 Å². The molecule has 37 heavy (non-hydrogen) atoms. The van der Waals surface area contributed by atoms with Gasteiger partial charge in [0.1, 0.15) is 5.60 Å². The Hall–Kier alpha value is -4.05. The number of para-hydroxylation sites is 1. The topological polar surface area (TPSA) is 33.1 Å². The summed E-state index contributed by atoms with van der Waals surface area (Å²) in [4.78, 5) is 5.15. The summed E-state index contributed by atoms with van der Waals surface area (Å²) in [5.41, 5.74) is 8.05. The van der Waals surface area contributed by atoms with E-state index < -0.39 is 5.60 Å². The number of fused-ring (bicyclic) bond motifs is 5. The standard InChI is InChI=1S/C34H22BrNO/c35-29-20-10-6-15-24(29)23-14-4-8-18-27(23)34(37)28-19-9-5-16-25(28)31-32(34)26-17-7-11-21-30(26)36-33(31)22-12-2-1-3-13-22/h1-21,37H. The fraction of sp³-hybridized carbons (Fsp3) is 0.0294. The molecule has 176 valence electrons. The first-order valence-electron chi connectivity index (χ1n) is 12.3. The second-order valence-electron chi connectivity index (χ2n) is 9.38. The van der Waals surface area contributed by atoms with Crippen LogP contribution in [0.1, 0.15) is 16.7 Å². The van der Waals surface area contributed by atoms with E-state index in [9.17, 15) is 5.11 Å². The van der Waals surface area contributed by atoms with Crippen molar-refractivity contribution in [1.82, 2.24) is 4.98 Å². The van der Waals surface area contributed by atoms with E-state index in [0.717, 1.165) is 65.6 Å². The van der Waals surface area contributed by atoms with Gasteiger partial charge in [-0.25, -0.2) is 4.98 Å². The minimum Gasteiger partial charge on any atom is -0.376 e. The first kappa shape index (κ1) is 22.2. The minimum atomic E-state index is -1.37. The van der Waals surface area contributed by atoms with Crippen molar-refractivity contribution in [2.75, 3.05) is 0 Å². The predicted octanol–water partition coefficient (Wildman–Crippen LogP) is 8.60. The third-order valence-electron chi connectivity index (χ3n) is 7.37. The molecule has 1 heterocycles. The molecule has 1 aliphatic rings. The van der Waals surface area contributed by atoms with E-state index in [2.05, 4.69) is 64.5 Å². The van der Waals surface area contributed by atoms with Crippen molar-refractivity contribution in [2.45, 2.75) is 5.60 Å². The summed E-state index contributed by atoms with van der Waals surface area (Å²) < 4.78 is 0.988. The van der Waals surface area contributed by atoms with Crippen LogP contribution < -0.4 is 0 Å². The monoisotopic (exact) mass is 539 g/mol. The molecule has 2 nitrogen and oxygen atoms in total. The van der Waals surface area contributed by atoms with Crippen molar-refractivity contribution >= 4 is 26.8 Å². The first-order chi connectivity index (χ1) is 18.2. The molecular weight excluding hydrogens is 518 g/mol. The van der Waals surface area contributed by atoms with Crippen molar-refractivity contribution in [2.24, 2.45) is 0 Å². The average Bonchev–Trinajstić information content (AvgIpc) is 3.23. The number of hydrogen-bond donors (Lipinski definition) is 1. The molecule has 0 radical (unpaired) electrons. The van der Waals surface area contributed by atoms with E-state index in [-0.39, 0.29) is 0 Å². The summed E-state index contributed by atoms with van der Waals surface area (Å²) in [6.07, 6.45) is 0. The van der Waals surface area contributed by atoms with E-state index in [4.69, 9.17) is 4.98 Å². The zero-order valence-corrected chi connectivity index (χ0v) is 21.5. The molecule has 0 fully saturated rings. The number of rotatable bonds is 3. The van der Waals surface area contributed by atoms with E-state index in [1.165, 1.54) is 0 Å². The fourth-order valence-electron chi connectivity index (χ4n) is 5.80. The highest BCUT2D eigenvalue weighted by Gasteiger charge is 2.47. The van der Waals surface area contributed by atoms with Crippen LogP contribution >= 0.6 is 15.9 Å². The van der Waals surface area contributed by atoms with Gasteiger partial charge in [0.2, 0.25) is 0 Å². The van der Waals surface area contributed by atoms with E-state index in [1.807, 2.05) is 78.9 Å². The van der Waals surface area contributed by atoms with Crippen molar-refractivity contribution in [3.63, 3.8) is 0 Å². The zero-order valence-electron chi connectivity index (χ0n) is 19.9. The second-order valence-corrected chi connectivity index (χ2v) is 10.2. The largest absolute Gasteiger partial charge is 0.376 e. The third kappa shape index (κ3) is 3.25. The Morgan fingerprint density at radius 2 is 1.14 bits per heavy atom. The summed E-state index contributed by atoms with van der Waals surface area (Å²) in [7, 11) is 0. The van der Waals surface area contributed by atoms with Gasteiger partial charge >= 0.3 is 0 Å². The fourth-order valence-corrected chi connectivity index (χ4v) is 6.30. The van der Waals surface area contributed by atoms with Crippen molar-refractivity contribution < 1.29 is 5.11 Å². The Kier molecular flexibility index (Phi) is 5.10. The highest BCUT2D eigenvalue weighted by atomic mass is 79.9. The van der Waals surface area contributed by atoms with Crippen LogP contribution in [0.15, 0.2) is 132 Å². The molecule has 1 N–H and O–H groups in total. The van der Waals surface area contributed by atoms with Gasteiger partial charge in [-0.05, 0) is 28.8 Å². The smallest absolute Gasteiger partial charge is 0.143 e. The van der Waals surface area contributed by atoms with Crippen LogP contribution in [-0.4, -0.2) is 10.1 Å². The minimum absolute atomic E-state index is 0.850. The molecule has 0 saturated heterocycles. The summed E-state index contributed by atoms with van der Waals surface area (Å²) in [5.74, 6) is 0. The van der Waals surface area contributed by atoms with E-state index in [1.54, 1.807) is 0 Å². The summed E-state index contributed by atoms with van der Waals surface area (Å²) in [6, 6.07) is 43.0. The molecule has 0 spiro atoms. The molecule has 1 aliphatic carbocycles. The van der Waals surface area contributed by atoms with Gasteiger partial charge in [0.05, 0.1) is 11.2 Å². The average molecular weight is 540 g/mol. The van der Waals surface area contributed by atoms with Crippen LogP contribution in [0.25, 0.3) is 44.4 Å². The molecule has 1 aromatic heterocycles. The van der Waals surface area contributed by atoms with Crippen LogP contribution in [0.4, 0.5) is 0 Å². The van der Waals surface area contributed by atoms with E-state index in [0.29, 0.717) is 0 Å². The van der Waals surface area contributed by atoms with Gasteiger partial charge in [-0.3, -0.25) is 0 Å². The maximum atomic E-state index is 13.1. The molecule has 0 bridgehead atoms. The number of pyridine rings is 1. The lowest BCUT2D eigenvalue weighted by molar-refractivity contribution is 0.133. The van der Waals surface area contributed by atoms with Gasteiger partial charge in [-0.2, -0.15) is 0 Å². The molecule has 1 atom stereocenters. The van der Waals surface area contributed by atoms with Crippen LogP contribution in [0.3, 0.4) is 0 Å². The maximum Gasteiger partial charge on any atom is 0.143 e. The highest BCUT2D eigenvalue weighted by molar-refractivity contribution is 9.10. The lowest BCUT2D eigenvalue weighted by atomic mass is 9.79. The van der Waals surface area contributed by atoms with Crippen LogP contribution in [-0.2, 0) is 5.60 Å². The normalized spacial score (nSPS) is 15.9. The van der Waals surface area contributed by atoms with E-state index >= 15 is 0 Å². The quantitative estimate of drug-likeness (QED) is 0.244. The molecule has 1 unspecified atom stereocenters. The van der Waals surface area contributed by atoms with Gasteiger partial charge in [0.15, 0.2) is 0 Å². The molecular formula is C34H22BrNO. The molecule has 0 saturated carbocycles. The molecule has 6 aromatic rings. The van der Waals surface area contributed by atoms with Crippen molar-refractivity contribution in [3.8, 4) is 33.5 Å². The first-order valence-corrected chi connectivity index (χ1v) is 13.1. The summed E-state index contributed by atoms with van der Waals surface area (Å²) >= 11 is 3.75. The summed E-state index contributed by atoms with van der Waals surface area (Å²) in [6.45, 7) is 0. The number of benzene rings is 5. The van der Waals surface area contributed by atoms with Gasteiger partial charge in [-0.1, -0.05) is 131 Å². The van der Waals surface area contributed by atoms with Crippen LogP contribution in [0.2, 0.25) is 0 Å². The number of aliphatic hydroxyl groups is 1. The third-order valence-corrected chi connectivity index (χ3v) is 8.06. The molecule has 5 aromatic carbocycles. The van der Waals surface area contributed by atoms with Gasteiger partial charge < -0.3 is 5.11 Å². The predicted molar refractivity (Wildman–Crippen MR) is 154 cm³/mol. The van der Waals surface area contributed by atoms with Gasteiger partial charge in [-0.15, -0.1) is 0 Å². The highest BCUT2D eigenvalue weighted by Crippen LogP contribution is 2.57. The molecule has 0 amide bonds. The molecule has 7 rings (SSSR count). The lowest BCUT2D eigenvalue weighted by Gasteiger charge is -2.30. The number of aromatic nitrogens is 1. The van der Waals surface area contributed by atoms with Crippen LogP contribution in [0, 0.1) is 0 Å². The Morgan fingerprint density at radius 1 is 0.568 bits per heavy atom. The number of nitrogens with zero attached hydrogens (tertiary/aromatic N) is 1. The lowest BCUT2D eigenvalue weighted by Crippen LogP contribution is -2.27. The SMILES string of the molecule is OC1(c2ccccc2-c2ccccc2Br)c2ccccc2-c2c(-c3ccccc3)nc3ccccc3c21. The second kappa shape index (κ2) is 8.52. The Balaban J connectivity index is 1.65. The Morgan fingerprint density at radius 3 is 1.89 bits per heavy atom. The maximum absolute atomic E-state index is 13.1. The van der Waals surface area contributed by atoms with Gasteiger partial charge in [0, 0.05) is 37.7 Å². The molecule has 0 aliphatic heterocycles. The Bertz CT molecular complexity index is 1810. The number of hydrogen-bond acceptors (Lipinski definition) is 2. The van der Waals surface area contributed by atoms with Crippen LogP contribution in [0.5, 0.6) is 0 Å². The van der Waals surface area contributed by atoms with Crippen molar-refractivity contribution in [3.05, 3.63) is 149 Å². The zero-order chi connectivity index (χ0) is 25.0. The van der Waals surface area contributed by atoms with Gasteiger partial charge in [0.25, 0.3) is 0 Å². The summed E-state index contributed by atoms with van der Waals surface area (Å²) in [5, 5.41) is 14.1. The molecule has 3 heteroatoms.